The molecule has 2 heterocycles. The summed E-state index contributed by atoms with van der Waals surface area (Å²) in [6.07, 6.45) is 5.10. The molecule has 0 bridgehead atoms. The Labute approximate surface area is 109 Å². The van der Waals surface area contributed by atoms with Crippen LogP contribution in [0.3, 0.4) is 0 Å². The Morgan fingerprint density at radius 2 is 2.35 bits per heavy atom. The summed E-state index contributed by atoms with van der Waals surface area (Å²) in [5.74, 6) is 2.53. The molecule has 0 saturated carbocycles. The Morgan fingerprint density at radius 3 is 3.06 bits per heavy atom. The minimum atomic E-state index is 0.480. The third kappa shape index (κ3) is 3.71. The third-order valence-electron chi connectivity index (χ3n) is 3.33. The molecule has 1 aliphatic heterocycles. The lowest BCUT2D eigenvalue weighted by Crippen LogP contribution is -2.40. The first-order chi connectivity index (χ1) is 8.07. The van der Waals surface area contributed by atoms with Crippen LogP contribution in [-0.4, -0.2) is 22.5 Å². The van der Waals surface area contributed by atoms with Crippen LogP contribution in [0.15, 0.2) is 18.5 Å². The average molecular weight is 250 g/mol. The monoisotopic (exact) mass is 250 g/mol. The summed E-state index contributed by atoms with van der Waals surface area (Å²) >= 11 is 2.07. The predicted molar refractivity (Wildman–Crippen MR) is 75.3 cm³/mol. The topological polar surface area (TPSA) is 24.9 Å². The fraction of sp³-hybridized carbons (Fsp3) is 0.643. The molecule has 0 spiro atoms. The molecule has 0 radical (unpaired) electrons. The van der Waals surface area contributed by atoms with Gasteiger partial charge in [-0.15, -0.1) is 0 Å². The number of nitrogens with zero attached hydrogens (tertiary/aromatic N) is 1. The first-order valence-electron chi connectivity index (χ1n) is 6.27. The van der Waals surface area contributed by atoms with Gasteiger partial charge in [0.25, 0.3) is 0 Å². The highest BCUT2D eigenvalue weighted by Gasteiger charge is 2.27. The highest BCUT2D eigenvalue weighted by Crippen LogP contribution is 2.33. The van der Waals surface area contributed by atoms with Crippen molar-refractivity contribution in [1.29, 1.82) is 0 Å². The highest BCUT2D eigenvalue weighted by molar-refractivity contribution is 7.99. The molecule has 1 saturated heterocycles. The Morgan fingerprint density at radius 1 is 1.53 bits per heavy atom. The van der Waals surface area contributed by atoms with Crippen LogP contribution < -0.4 is 5.32 Å². The van der Waals surface area contributed by atoms with Gasteiger partial charge in [-0.3, -0.25) is 4.98 Å². The molecule has 17 heavy (non-hydrogen) atoms. The molecular weight excluding hydrogens is 228 g/mol. The van der Waals surface area contributed by atoms with Crippen molar-refractivity contribution in [3.8, 4) is 0 Å². The first kappa shape index (κ1) is 12.9. The summed E-state index contributed by atoms with van der Waals surface area (Å²) in [5.41, 5.74) is 3.13. The van der Waals surface area contributed by atoms with Gasteiger partial charge in [-0.05, 0) is 41.7 Å². The van der Waals surface area contributed by atoms with E-state index in [0.717, 1.165) is 6.54 Å². The molecule has 1 aliphatic rings. The van der Waals surface area contributed by atoms with Gasteiger partial charge in [-0.2, -0.15) is 11.8 Å². The quantitative estimate of drug-likeness (QED) is 0.892. The van der Waals surface area contributed by atoms with Crippen LogP contribution in [0.25, 0.3) is 0 Å². The van der Waals surface area contributed by atoms with E-state index in [0.29, 0.717) is 11.5 Å². The number of nitrogens with one attached hydrogen (secondary N) is 1. The van der Waals surface area contributed by atoms with Crippen molar-refractivity contribution in [1.82, 2.24) is 10.3 Å². The Kier molecular flexibility index (Phi) is 4.10. The van der Waals surface area contributed by atoms with E-state index in [9.17, 15) is 0 Å². The molecule has 2 nitrogen and oxygen atoms in total. The van der Waals surface area contributed by atoms with E-state index in [1.54, 1.807) is 0 Å². The van der Waals surface area contributed by atoms with Crippen molar-refractivity contribution in [2.45, 2.75) is 39.8 Å². The van der Waals surface area contributed by atoms with Crippen LogP contribution >= 0.6 is 11.8 Å². The van der Waals surface area contributed by atoms with Gasteiger partial charge < -0.3 is 5.32 Å². The summed E-state index contributed by atoms with van der Waals surface area (Å²) in [5, 5.41) is 3.69. The number of pyridine rings is 1. The van der Waals surface area contributed by atoms with Crippen molar-refractivity contribution in [2.24, 2.45) is 5.41 Å². The van der Waals surface area contributed by atoms with Gasteiger partial charge >= 0.3 is 0 Å². The van der Waals surface area contributed by atoms with Crippen LogP contribution in [-0.2, 0) is 6.54 Å². The molecule has 0 aromatic carbocycles. The molecule has 1 aromatic rings. The lowest BCUT2D eigenvalue weighted by Gasteiger charge is -2.35. The minimum Gasteiger partial charge on any atom is -0.309 e. The molecular formula is C14H22N2S. The number of aromatic nitrogens is 1. The number of aryl methyl sites for hydroxylation is 1. The van der Waals surface area contributed by atoms with Crippen molar-refractivity contribution >= 4 is 11.8 Å². The molecule has 1 atom stereocenters. The highest BCUT2D eigenvalue weighted by atomic mass is 32.2. The summed E-state index contributed by atoms with van der Waals surface area (Å²) < 4.78 is 0. The van der Waals surface area contributed by atoms with E-state index in [4.69, 9.17) is 0 Å². The maximum absolute atomic E-state index is 4.13. The molecule has 1 aromatic heterocycles. The van der Waals surface area contributed by atoms with Crippen LogP contribution in [0.4, 0.5) is 0 Å². The molecule has 1 unspecified atom stereocenters. The van der Waals surface area contributed by atoms with E-state index in [-0.39, 0.29) is 0 Å². The van der Waals surface area contributed by atoms with E-state index >= 15 is 0 Å². The van der Waals surface area contributed by atoms with Gasteiger partial charge in [0, 0.05) is 30.7 Å². The predicted octanol–water partition coefficient (Wildman–Crippen LogP) is 3.01. The SMILES string of the molecule is Cc1cnccc1CNC1CSCC(C)(C)C1. The fourth-order valence-electron chi connectivity index (χ4n) is 2.35. The molecule has 2 rings (SSSR count). The van der Waals surface area contributed by atoms with Crippen molar-refractivity contribution in [3.63, 3.8) is 0 Å². The second kappa shape index (κ2) is 5.40. The van der Waals surface area contributed by atoms with Crippen LogP contribution in [0.2, 0.25) is 0 Å². The van der Waals surface area contributed by atoms with Gasteiger partial charge in [0.2, 0.25) is 0 Å². The van der Waals surface area contributed by atoms with Crippen LogP contribution in [0.5, 0.6) is 0 Å². The number of hydrogen-bond donors (Lipinski definition) is 1. The zero-order chi connectivity index (χ0) is 12.3. The molecule has 0 aliphatic carbocycles. The Hall–Kier alpha value is -0.540. The summed E-state index contributed by atoms with van der Waals surface area (Å²) in [4.78, 5) is 4.13. The van der Waals surface area contributed by atoms with Gasteiger partial charge in [-0.25, -0.2) is 0 Å². The maximum atomic E-state index is 4.13. The second-order valence-electron chi connectivity index (χ2n) is 5.76. The molecule has 1 fully saturated rings. The smallest absolute Gasteiger partial charge is 0.0300 e. The van der Waals surface area contributed by atoms with E-state index in [1.807, 2.05) is 12.4 Å². The number of thioether (sulfide) groups is 1. The van der Waals surface area contributed by atoms with Crippen molar-refractivity contribution in [2.75, 3.05) is 11.5 Å². The van der Waals surface area contributed by atoms with E-state index in [2.05, 4.69) is 48.9 Å². The van der Waals surface area contributed by atoms with Crippen LogP contribution in [0.1, 0.15) is 31.4 Å². The summed E-state index contributed by atoms with van der Waals surface area (Å²) in [6.45, 7) is 7.83. The van der Waals surface area contributed by atoms with Gasteiger partial charge in [0.05, 0.1) is 0 Å². The van der Waals surface area contributed by atoms with E-state index in [1.165, 1.54) is 29.1 Å². The van der Waals surface area contributed by atoms with Gasteiger partial charge in [-0.1, -0.05) is 13.8 Å². The summed E-state index contributed by atoms with van der Waals surface area (Å²) in [6, 6.07) is 2.76. The Balaban J connectivity index is 1.88. The van der Waals surface area contributed by atoms with Gasteiger partial charge in [0.1, 0.15) is 0 Å². The second-order valence-corrected chi connectivity index (χ2v) is 6.79. The molecule has 1 N–H and O–H groups in total. The number of rotatable bonds is 3. The third-order valence-corrected chi connectivity index (χ3v) is 4.95. The minimum absolute atomic E-state index is 0.480. The lowest BCUT2D eigenvalue weighted by molar-refractivity contribution is 0.317. The van der Waals surface area contributed by atoms with E-state index < -0.39 is 0 Å². The first-order valence-corrected chi connectivity index (χ1v) is 7.43. The molecule has 94 valence electrons. The average Bonchev–Trinajstić information content (AvgIpc) is 2.27. The zero-order valence-electron chi connectivity index (χ0n) is 11.0. The lowest BCUT2D eigenvalue weighted by atomic mass is 9.88. The zero-order valence-corrected chi connectivity index (χ0v) is 11.8. The molecule has 0 amide bonds. The summed E-state index contributed by atoms with van der Waals surface area (Å²) in [7, 11) is 0. The van der Waals surface area contributed by atoms with Crippen molar-refractivity contribution < 1.29 is 0 Å². The molecule has 3 heteroatoms. The standard InChI is InChI=1S/C14H22N2S/c1-11-7-15-5-4-12(11)8-16-13-6-14(2,3)10-17-9-13/h4-5,7,13,16H,6,8-10H2,1-3H3. The number of hydrogen-bond acceptors (Lipinski definition) is 3. The van der Waals surface area contributed by atoms with Crippen LogP contribution in [0, 0.1) is 12.3 Å². The normalized spacial score (nSPS) is 23.6. The van der Waals surface area contributed by atoms with Gasteiger partial charge in [0.15, 0.2) is 0 Å². The maximum Gasteiger partial charge on any atom is 0.0300 e. The van der Waals surface area contributed by atoms with Crippen molar-refractivity contribution in [3.05, 3.63) is 29.6 Å². The Bertz CT molecular complexity index is 376. The largest absolute Gasteiger partial charge is 0.309 e. The fourth-order valence-corrected chi connectivity index (χ4v) is 3.66.